The van der Waals surface area contributed by atoms with Gasteiger partial charge in [0.15, 0.2) is 11.5 Å². The van der Waals surface area contributed by atoms with Gasteiger partial charge in [0.2, 0.25) is 0 Å². The van der Waals surface area contributed by atoms with Gasteiger partial charge in [-0.2, -0.15) is 38.8 Å². The van der Waals surface area contributed by atoms with Crippen LogP contribution in [-0.4, -0.2) is 74.1 Å². The van der Waals surface area contributed by atoms with E-state index >= 15 is 0 Å². The normalized spacial score (nSPS) is 12.9. The van der Waals surface area contributed by atoms with Crippen molar-refractivity contribution in [1.82, 2.24) is 0 Å². The van der Waals surface area contributed by atoms with E-state index in [0.29, 0.717) is 23.9 Å². The Bertz CT molecular complexity index is 3450. The lowest BCUT2D eigenvalue weighted by Gasteiger charge is -2.13. The van der Waals surface area contributed by atoms with E-state index in [1.54, 1.807) is 0 Å². The lowest BCUT2D eigenvalue weighted by Crippen LogP contribution is -2.03. The van der Waals surface area contributed by atoms with Crippen molar-refractivity contribution >= 4 is 108 Å². The third-order valence-corrected chi connectivity index (χ3v) is 12.1. The predicted molar refractivity (Wildman–Crippen MR) is 214 cm³/mol. The summed E-state index contributed by atoms with van der Waals surface area (Å²) in [4.78, 5) is 5.78. The molecule has 6 aromatic rings. The molecule has 0 saturated heterocycles. The number of fused-ring (bicyclic) bond motifs is 2. The Morgan fingerprint density at radius 1 is 0.565 bits per heavy atom. The first-order chi connectivity index (χ1) is 28.8. The molecule has 0 aromatic heterocycles. The molecule has 322 valence electrons. The number of nitrogens with two attached hydrogens (primary N) is 1. The Hall–Kier alpha value is -7.12. The lowest BCUT2D eigenvalue weighted by atomic mass is 10.1. The maximum absolute atomic E-state index is 12.8. The predicted octanol–water partition coefficient (Wildman–Crippen LogP) is 7.14. The van der Waals surface area contributed by atoms with Crippen LogP contribution >= 0.6 is 0 Å². The van der Waals surface area contributed by atoms with Crippen molar-refractivity contribution in [1.29, 1.82) is 0 Å². The first-order valence-corrected chi connectivity index (χ1v) is 22.1. The number of aromatic hydroxyl groups is 2. The molecule has 0 spiro atoms. The third-order valence-electron chi connectivity index (χ3n) is 8.51. The SMILES string of the molecule is COc1ccc(/N=N/c2c(S(=O)(=O)O)cc3c(S(=O)(=O)O)c(/N=N/c4cc(S(=O)(=O)O)c5ccc(/N=N/c6ccc([N+](=O)[O-])cc6S(=O)(=O)O)c(O)c5c4N)ccc3c2O)cc1. The van der Waals surface area contributed by atoms with Gasteiger partial charge in [-0.1, -0.05) is 6.07 Å². The van der Waals surface area contributed by atoms with Crippen LogP contribution in [0.3, 0.4) is 0 Å². The number of rotatable bonds is 12. The van der Waals surface area contributed by atoms with E-state index in [0.717, 1.165) is 36.4 Å². The summed E-state index contributed by atoms with van der Waals surface area (Å²) in [5, 5.41) is 53.5. The molecular weight excluding hydrogens is 909 g/mol. The highest BCUT2D eigenvalue weighted by molar-refractivity contribution is 7.87. The van der Waals surface area contributed by atoms with Gasteiger partial charge >= 0.3 is 0 Å². The molecule has 62 heavy (non-hydrogen) atoms. The number of nitrogens with zero attached hydrogens (tertiary/aromatic N) is 7. The first-order valence-electron chi connectivity index (χ1n) is 16.3. The van der Waals surface area contributed by atoms with Gasteiger partial charge in [-0.15, -0.1) is 25.6 Å². The molecule has 0 unspecified atom stereocenters. The molecule has 0 saturated carbocycles. The highest BCUT2D eigenvalue weighted by Gasteiger charge is 2.29. The molecule has 0 atom stereocenters. The van der Waals surface area contributed by atoms with Gasteiger partial charge in [-0.3, -0.25) is 28.3 Å². The van der Waals surface area contributed by atoms with Crippen LogP contribution in [0.15, 0.2) is 129 Å². The van der Waals surface area contributed by atoms with Crippen LogP contribution < -0.4 is 10.5 Å². The topological polar surface area (TPSA) is 410 Å². The number of nitro benzene ring substituents is 1. The molecule has 8 N–H and O–H groups in total. The summed E-state index contributed by atoms with van der Waals surface area (Å²) in [6.07, 6.45) is 0. The van der Waals surface area contributed by atoms with Crippen molar-refractivity contribution in [3.05, 3.63) is 89.0 Å². The summed E-state index contributed by atoms with van der Waals surface area (Å²) >= 11 is 0. The second-order valence-electron chi connectivity index (χ2n) is 12.4. The number of azo groups is 3. The maximum Gasteiger partial charge on any atom is 0.297 e. The van der Waals surface area contributed by atoms with E-state index in [1.807, 2.05) is 0 Å². The molecule has 0 aliphatic heterocycles. The third kappa shape index (κ3) is 8.84. The Kier molecular flexibility index (Phi) is 11.5. The zero-order chi connectivity index (χ0) is 45.7. The summed E-state index contributed by atoms with van der Waals surface area (Å²) in [6.45, 7) is 0. The van der Waals surface area contributed by atoms with Crippen LogP contribution in [0.2, 0.25) is 0 Å². The van der Waals surface area contributed by atoms with Crippen molar-refractivity contribution in [3.63, 3.8) is 0 Å². The summed E-state index contributed by atoms with van der Waals surface area (Å²) in [7, 11) is -19.8. The van der Waals surface area contributed by atoms with Crippen LogP contribution in [0.5, 0.6) is 17.2 Å². The largest absolute Gasteiger partial charge is 0.505 e. The Morgan fingerprint density at radius 3 is 1.69 bits per heavy atom. The Balaban J connectivity index is 1.52. The smallest absolute Gasteiger partial charge is 0.297 e. The van der Waals surface area contributed by atoms with Crippen LogP contribution in [0.1, 0.15) is 0 Å². The molecule has 0 heterocycles. The standard InChI is InChI=1S/C33H24N8O17S4/c1-58-17-5-2-15(3-6-17)35-40-30-27(61(52,53)54)13-20-18(31(30)42)7-11-23(33(20)62(55,56)57)38-39-24-14-25(59(46,47)48)19-8-10-22(32(43)28(19)29(24)34)37-36-21-9-4-16(41(44)45)12-26(21)60(49,50)51/h2-14,42-43H,34H2,1H3,(H,46,47,48)(H,49,50,51)(H,52,53,54)(H,55,56,57)/b37-36+,39-38+,40-35+. The van der Waals surface area contributed by atoms with E-state index in [2.05, 4.69) is 30.7 Å². The molecule has 0 radical (unpaired) electrons. The second-order valence-corrected chi connectivity index (χ2v) is 17.9. The number of anilines is 1. The average Bonchev–Trinajstić information content (AvgIpc) is 3.18. The Morgan fingerprint density at radius 2 is 1.11 bits per heavy atom. The number of non-ortho nitro benzene ring substituents is 1. The summed E-state index contributed by atoms with van der Waals surface area (Å²) in [5.74, 6) is -1.60. The van der Waals surface area contributed by atoms with Gasteiger partial charge < -0.3 is 20.7 Å². The van der Waals surface area contributed by atoms with E-state index in [-0.39, 0.29) is 5.69 Å². The molecule has 29 heteroatoms. The van der Waals surface area contributed by atoms with Gasteiger partial charge in [-0.25, -0.2) is 0 Å². The number of hydrogen-bond acceptors (Lipinski definition) is 20. The fourth-order valence-electron chi connectivity index (χ4n) is 5.75. The number of nitro groups is 1. The molecule has 0 fully saturated rings. The molecular formula is C33H24N8O17S4. The van der Waals surface area contributed by atoms with Crippen molar-refractivity contribution in [2.75, 3.05) is 12.8 Å². The number of ether oxygens (including phenoxy) is 1. The summed E-state index contributed by atoms with van der Waals surface area (Å²) in [6, 6.07) is 12.8. The van der Waals surface area contributed by atoms with Gasteiger partial charge in [0.25, 0.3) is 46.2 Å². The minimum absolute atomic E-state index is 0.122. The van der Waals surface area contributed by atoms with Gasteiger partial charge in [-0.05, 0) is 60.7 Å². The van der Waals surface area contributed by atoms with Crippen molar-refractivity contribution in [2.24, 2.45) is 30.7 Å². The van der Waals surface area contributed by atoms with E-state index in [9.17, 15) is 72.2 Å². The van der Waals surface area contributed by atoms with Crippen molar-refractivity contribution in [3.8, 4) is 17.2 Å². The second kappa shape index (κ2) is 16.1. The molecule has 6 rings (SSSR count). The van der Waals surface area contributed by atoms with Gasteiger partial charge in [0.05, 0.1) is 28.8 Å². The van der Waals surface area contributed by atoms with Crippen LogP contribution in [0, 0.1) is 10.1 Å². The monoisotopic (exact) mass is 932 g/mol. The van der Waals surface area contributed by atoms with Crippen molar-refractivity contribution < 1.29 is 71.8 Å². The molecule has 0 aliphatic carbocycles. The van der Waals surface area contributed by atoms with E-state index in [4.69, 9.17) is 10.5 Å². The maximum atomic E-state index is 12.8. The molecule has 0 aliphatic rings. The fraction of sp³-hybridized carbons (Fsp3) is 0.0303. The number of benzene rings is 6. The highest BCUT2D eigenvalue weighted by Crippen LogP contribution is 2.48. The number of nitrogen functional groups attached to an aromatic ring is 1. The van der Waals surface area contributed by atoms with Crippen molar-refractivity contribution in [2.45, 2.75) is 19.6 Å². The average molecular weight is 933 g/mol. The summed E-state index contributed by atoms with van der Waals surface area (Å²) < 4.78 is 145. The number of phenols is 2. The number of hydrogen-bond donors (Lipinski definition) is 7. The fourth-order valence-corrected chi connectivity index (χ4v) is 8.57. The van der Waals surface area contributed by atoms with Crippen LogP contribution in [0.4, 0.5) is 45.5 Å². The van der Waals surface area contributed by atoms with Crippen LogP contribution in [0.25, 0.3) is 21.5 Å². The van der Waals surface area contributed by atoms with E-state index in [1.165, 1.54) is 31.4 Å². The number of methoxy groups -OCH3 is 1. The first kappa shape index (κ1) is 44.4. The zero-order valence-corrected chi connectivity index (χ0v) is 33.8. The molecule has 0 bridgehead atoms. The minimum Gasteiger partial charge on any atom is -0.505 e. The van der Waals surface area contributed by atoms with E-state index < -0.39 is 138 Å². The highest BCUT2D eigenvalue weighted by atomic mass is 32.2. The minimum atomic E-state index is -5.48. The quantitative estimate of drug-likeness (QED) is 0.0211. The molecule has 6 aromatic carbocycles. The number of phenolic OH excluding ortho intramolecular Hbond substituents is 2. The molecule has 25 nitrogen and oxygen atoms in total. The van der Waals surface area contributed by atoms with Gasteiger partial charge in [0.1, 0.15) is 53.8 Å². The zero-order valence-electron chi connectivity index (χ0n) is 30.5. The lowest BCUT2D eigenvalue weighted by molar-refractivity contribution is -0.385. The van der Waals surface area contributed by atoms with Crippen LogP contribution in [-0.2, 0) is 40.5 Å². The van der Waals surface area contributed by atoms with Gasteiger partial charge in [0, 0.05) is 28.3 Å². The summed E-state index contributed by atoms with van der Waals surface area (Å²) in [5.41, 5.74) is 1.39. The Labute approximate surface area is 347 Å². The molecule has 0 amide bonds.